The molecule has 0 spiro atoms. The van der Waals surface area contributed by atoms with E-state index in [2.05, 4.69) is 35.3 Å². The van der Waals surface area contributed by atoms with Gasteiger partial charge in [-0.2, -0.15) is 0 Å². The molecule has 1 aliphatic heterocycles. The molecule has 1 unspecified atom stereocenters. The molecule has 0 bridgehead atoms. The number of aryl methyl sites for hydroxylation is 1. The molecule has 0 saturated carbocycles. The Balaban J connectivity index is 1.84. The van der Waals surface area contributed by atoms with E-state index >= 15 is 0 Å². The van der Waals surface area contributed by atoms with E-state index in [-0.39, 0.29) is 11.8 Å². The Bertz CT molecular complexity index is 681. The first-order chi connectivity index (χ1) is 11.2. The minimum Gasteiger partial charge on any atom is -0.385 e. The van der Waals surface area contributed by atoms with Crippen LogP contribution in [0.3, 0.4) is 0 Å². The summed E-state index contributed by atoms with van der Waals surface area (Å²) in [6.45, 7) is 5.92. The van der Waals surface area contributed by atoms with Crippen molar-refractivity contribution in [1.29, 1.82) is 0 Å². The second-order valence-corrected chi connectivity index (χ2v) is 6.06. The van der Waals surface area contributed by atoms with Crippen molar-refractivity contribution in [2.24, 2.45) is 0 Å². The fourth-order valence-electron chi connectivity index (χ4n) is 3.31. The number of nitrogens with zero attached hydrogens (tertiary/aromatic N) is 1. The molecule has 0 radical (unpaired) electrons. The summed E-state index contributed by atoms with van der Waals surface area (Å²) in [4.78, 5) is 15.1. The van der Waals surface area contributed by atoms with Crippen molar-refractivity contribution in [3.05, 3.63) is 59.7 Å². The number of rotatable bonds is 5. The number of nitrogens with one attached hydrogen (secondary N) is 1. The van der Waals surface area contributed by atoms with Gasteiger partial charge in [0.1, 0.15) is 0 Å². The van der Waals surface area contributed by atoms with Gasteiger partial charge >= 0.3 is 0 Å². The zero-order chi connectivity index (χ0) is 16.2. The number of Topliss-reactive ketones (excluding diaryl/α,β-unsaturated/α-hetero) is 1. The van der Waals surface area contributed by atoms with Crippen molar-refractivity contribution in [3.8, 4) is 0 Å². The minimum absolute atomic E-state index is 0.169. The molecule has 3 rings (SSSR count). The second-order valence-electron chi connectivity index (χ2n) is 6.06. The van der Waals surface area contributed by atoms with Crippen LogP contribution in [0.1, 0.15) is 36.2 Å². The first kappa shape index (κ1) is 15.6. The van der Waals surface area contributed by atoms with Crippen molar-refractivity contribution < 1.29 is 4.79 Å². The molecule has 0 aromatic heterocycles. The van der Waals surface area contributed by atoms with E-state index in [1.807, 2.05) is 37.3 Å². The SMILES string of the molecule is CCN(c1ccccc1)C(C)C(=O)c1ccc2c(c1)CCCN2. The molecular formula is C20H24N2O. The predicted octanol–water partition coefficient (Wildman–Crippen LogP) is 4.14. The Labute approximate surface area is 138 Å². The second kappa shape index (κ2) is 6.86. The van der Waals surface area contributed by atoms with Crippen LogP contribution in [-0.4, -0.2) is 24.9 Å². The molecule has 1 N–H and O–H groups in total. The van der Waals surface area contributed by atoms with E-state index in [1.54, 1.807) is 0 Å². The van der Waals surface area contributed by atoms with E-state index in [9.17, 15) is 4.79 Å². The van der Waals surface area contributed by atoms with Crippen LogP contribution in [0.2, 0.25) is 0 Å². The molecule has 2 aromatic rings. The number of benzene rings is 2. The highest BCUT2D eigenvalue weighted by Gasteiger charge is 2.22. The van der Waals surface area contributed by atoms with Crippen LogP contribution in [0.25, 0.3) is 0 Å². The summed E-state index contributed by atoms with van der Waals surface area (Å²) in [5, 5.41) is 3.40. The van der Waals surface area contributed by atoms with Crippen LogP contribution in [-0.2, 0) is 6.42 Å². The van der Waals surface area contributed by atoms with Crippen LogP contribution in [0.15, 0.2) is 48.5 Å². The number of fused-ring (bicyclic) bond motifs is 1. The van der Waals surface area contributed by atoms with Gasteiger partial charge in [-0.15, -0.1) is 0 Å². The van der Waals surface area contributed by atoms with Crippen LogP contribution in [0.5, 0.6) is 0 Å². The van der Waals surface area contributed by atoms with Gasteiger partial charge in [-0.25, -0.2) is 0 Å². The summed E-state index contributed by atoms with van der Waals surface area (Å²) in [6, 6.07) is 16.0. The first-order valence-corrected chi connectivity index (χ1v) is 8.43. The van der Waals surface area contributed by atoms with Crippen molar-refractivity contribution in [2.75, 3.05) is 23.3 Å². The highest BCUT2D eigenvalue weighted by atomic mass is 16.1. The number of carbonyl (C=O) groups is 1. The topological polar surface area (TPSA) is 32.3 Å². The van der Waals surface area contributed by atoms with E-state index in [0.29, 0.717) is 0 Å². The van der Waals surface area contributed by atoms with Gasteiger partial charge in [0.05, 0.1) is 6.04 Å². The maximum Gasteiger partial charge on any atom is 0.184 e. The summed E-state index contributed by atoms with van der Waals surface area (Å²) in [7, 11) is 0. The number of anilines is 2. The highest BCUT2D eigenvalue weighted by Crippen LogP contribution is 2.25. The number of carbonyl (C=O) groups excluding carboxylic acids is 1. The van der Waals surface area contributed by atoms with Gasteiger partial charge in [-0.05, 0) is 62.6 Å². The van der Waals surface area contributed by atoms with Crippen LogP contribution < -0.4 is 10.2 Å². The van der Waals surface area contributed by atoms with Gasteiger partial charge in [0.15, 0.2) is 5.78 Å². The minimum atomic E-state index is -0.169. The summed E-state index contributed by atoms with van der Waals surface area (Å²) in [5.74, 6) is 0.184. The fraction of sp³-hybridized carbons (Fsp3) is 0.350. The largest absolute Gasteiger partial charge is 0.385 e. The molecule has 2 aromatic carbocycles. The molecule has 23 heavy (non-hydrogen) atoms. The summed E-state index contributed by atoms with van der Waals surface area (Å²) < 4.78 is 0. The third-order valence-electron chi connectivity index (χ3n) is 4.60. The van der Waals surface area contributed by atoms with Crippen molar-refractivity contribution >= 4 is 17.2 Å². The summed E-state index contributed by atoms with van der Waals surface area (Å²) in [6.07, 6.45) is 2.18. The Hall–Kier alpha value is -2.29. The highest BCUT2D eigenvalue weighted by molar-refractivity contribution is 6.02. The number of likely N-dealkylation sites (N-methyl/N-ethyl adjacent to an activating group) is 1. The van der Waals surface area contributed by atoms with Crippen molar-refractivity contribution in [3.63, 3.8) is 0 Å². The molecule has 1 heterocycles. The normalized spacial score (nSPS) is 14.5. The fourth-order valence-corrected chi connectivity index (χ4v) is 3.31. The molecule has 0 aliphatic carbocycles. The van der Waals surface area contributed by atoms with Crippen LogP contribution in [0, 0.1) is 0 Å². The van der Waals surface area contributed by atoms with Gasteiger partial charge in [-0.1, -0.05) is 18.2 Å². The summed E-state index contributed by atoms with van der Waals surface area (Å²) in [5.41, 5.74) is 4.35. The molecule has 1 aliphatic rings. The molecule has 0 amide bonds. The Morgan fingerprint density at radius 3 is 2.74 bits per heavy atom. The monoisotopic (exact) mass is 308 g/mol. The lowest BCUT2D eigenvalue weighted by Gasteiger charge is -2.29. The molecular weight excluding hydrogens is 284 g/mol. The standard InChI is InChI=1S/C20H24N2O/c1-3-22(18-9-5-4-6-10-18)15(2)20(23)17-11-12-19-16(14-17)8-7-13-21-19/h4-6,9-12,14-15,21H,3,7-8,13H2,1-2H3. The Morgan fingerprint density at radius 1 is 1.22 bits per heavy atom. The van der Waals surface area contributed by atoms with E-state index < -0.39 is 0 Å². The summed E-state index contributed by atoms with van der Waals surface area (Å²) >= 11 is 0. The molecule has 3 heteroatoms. The third-order valence-corrected chi connectivity index (χ3v) is 4.60. The van der Waals surface area contributed by atoms with Crippen LogP contribution in [0.4, 0.5) is 11.4 Å². The zero-order valence-electron chi connectivity index (χ0n) is 13.9. The van der Waals surface area contributed by atoms with Crippen molar-refractivity contribution in [1.82, 2.24) is 0 Å². The van der Waals surface area contributed by atoms with Crippen LogP contribution >= 0.6 is 0 Å². The van der Waals surface area contributed by atoms with Gasteiger partial charge in [0, 0.05) is 30.0 Å². The maximum atomic E-state index is 12.9. The van der Waals surface area contributed by atoms with Gasteiger partial charge in [-0.3, -0.25) is 4.79 Å². The average molecular weight is 308 g/mol. The average Bonchev–Trinajstić information content (AvgIpc) is 2.62. The van der Waals surface area contributed by atoms with E-state index in [0.717, 1.165) is 37.2 Å². The number of hydrogen-bond donors (Lipinski definition) is 1. The predicted molar refractivity (Wildman–Crippen MR) is 96.5 cm³/mol. The number of hydrogen-bond acceptors (Lipinski definition) is 3. The molecule has 0 saturated heterocycles. The van der Waals surface area contributed by atoms with Crippen molar-refractivity contribution in [2.45, 2.75) is 32.7 Å². The molecule has 3 nitrogen and oxygen atoms in total. The molecule has 1 atom stereocenters. The lowest BCUT2D eigenvalue weighted by Crippen LogP contribution is -2.39. The van der Waals surface area contributed by atoms with E-state index in [1.165, 1.54) is 11.3 Å². The Morgan fingerprint density at radius 2 is 2.00 bits per heavy atom. The lowest BCUT2D eigenvalue weighted by atomic mass is 9.96. The zero-order valence-corrected chi connectivity index (χ0v) is 13.9. The number of para-hydroxylation sites is 1. The Kier molecular flexibility index (Phi) is 4.65. The smallest absolute Gasteiger partial charge is 0.184 e. The van der Waals surface area contributed by atoms with Gasteiger partial charge in [0.25, 0.3) is 0 Å². The first-order valence-electron chi connectivity index (χ1n) is 8.43. The quantitative estimate of drug-likeness (QED) is 0.843. The maximum absolute atomic E-state index is 12.9. The third kappa shape index (κ3) is 3.24. The lowest BCUT2D eigenvalue weighted by molar-refractivity contribution is 0.0964. The van der Waals surface area contributed by atoms with Gasteiger partial charge in [0.2, 0.25) is 0 Å². The van der Waals surface area contributed by atoms with E-state index in [4.69, 9.17) is 0 Å². The number of ketones is 1. The molecule has 0 fully saturated rings. The van der Waals surface area contributed by atoms with Gasteiger partial charge < -0.3 is 10.2 Å². The molecule has 120 valence electrons.